The molecule has 0 aliphatic carbocycles. The smallest absolute Gasteiger partial charge is 0.246 e. The number of likely N-dealkylation sites (N-methyl/N-ethyl adjacent to an activating group) is 1. The van der Waals surface area contributed by atoms with Gasteiger partial charge in [0.25, 0.3) is 0 Å². The number of nitrogens with zero attached hydrogens (tertiary/aromatic N) is 3. The molecule has 1 fully saturated rings. The van der Waals surface area contributed by atoms with Crippen LogP contribution >= 0.6 is 0 Å². The molecule has 1 aliphatic heterocycles. The summed E-state index contributed by atoms with van der Waals surface area (Å²) in [5, 5.41) is 7.35. The van der Waals surface area contributed by atoms with Gasteiger partial charge in [0, 0.05) is 25.8 Å². The summed E-state index contributed by atoms with van der Waals surface area (Å²) in [4.78, 5) is 0.316. The van der Waals surface area contributed by atoms with Crippen molar-refractivity contribution in [1.82, 2.24) is 19.4 Å². The van der Waals surface area contributed by atoms with Gasteiger partial charge in [-0.2, -0.15) is 9.40 Å². The lowest BCUT2D eigenvalue weighted by Crippen LogP contribution is -2.28. The van der Waals surface area contributed by atoms with Crippen molar-refractivity contribution < 1.29 is 8.42 Å². The van der Waals surface area contributed by atoms with E-state index in [1.807, 2.05) is 6.92 Å². The van der Waals surface area contributed by atoms with Gasteiger partial charge in [-0.05, 0) is 25.3 Å². The van der Waals surface area contributed by atoms with Gasteiger partial charge in [-0.15, -0.1) is 0 Å². The van der Waals surface area contributed by atoms with E-state index in [9.17, 15) is 8.42 Å². The van der Waals surface area contributed by atoms with Crippen LogP contribution < -0.4 is 5.32 Å². The molecule has 0 aromatic carbocycles. The van der Waals surface area contributed by atoms with Crippen molar-refractivity contribution in [2.75, 3.05) is 26.2 Å². The third-order valence-electron chi connectivity index (χ3n) is 3.96. The predicted octanol–water partition coefficient (Wildman–Crippen LogP) is 1.30. The average molecular weight is 314 g/mol. The highest BCUT2D eigenvalue weighted by Crippen LogP contribution is 2.26. The number of hydrogen-bond donors (Lipinski definition) is 1. The van der Waals surface area contributed by atoms with Gasteiger partial charge >= 0.3 is 0 Å². The molecule has 0 saturated carbocycles. The van der Waals surface area contributed by atoms with Crippen LogP contribution in [0.2, 0.25) is 0 Å². The Kier molecular flexibility index (Phi) is 5.78. The molecule has 21 heavy (non-hydrogen) atoms. The first-order chi connectivity index (χ1) is 10.1. The molecular weight excluding hydrogens is 288 g/mol. The second-order valence-corrected chi connectivity index (χ2v) is 7.54. The van der Waals surface area contributed by atoms with Gasteiger partial charge < -0.3 is 5.32 Å². The van der Waals surface area contributed by atoms with E-state index in [4.69, 9.17) is 0 Å². The summed E-state index contributed by atoms with van der Waals surface area (Å²) in [5.74, 6) is 0.508. The first-order valence-corrected chi connectivity index (χ1v) is 9.25. The molecule has 1 aliphatic rings. The van der Waals surface area contributed by atoms with Crippen molar-refractivity contribution in [1.29, 1.82) is 0 Å². The molecule has 1 aromatic heterocycles. The van der Waals surface area contributed by atoms with E-state index < -0.39 is 10.0 Å². The molecule has 0 amide bonds. The Morgan fingerprint density at radius 2 is 2.24 bits per heavy atom. The van der Waals surface area contributed by atoms with Crippen LogP contribution in [-0.2, 0) is 16.6 Å². The minimum atomic E-state index is -3.37. The number of sulfonamides is 1. The van der Waals surface area contributed by atoms with E-state index in [1.165, 1.54) is 6.20 Å². The molecule has 1 saturated heterocycles. The maximum atomic E-state index is 12.6. The molecule has 7 heteroatoms. The number of nitrogens with one attached hydrogen (secondary N) is 1. The minimum Gasteiger partial charge on any atom is -0.315 e. The van der Waals surface area contributed by atoms with Crippen LogP contribution in [-0.4, -0.2) is 48.7 Å². The summed E-state index contributed by atoms with van der Waals surface area (Å²) in [7, 11) is -3.37. The minimum absolute atomic E-state index is 0.316. The zero-order valence-electron chi connectivity index (χ0n) is 13.0. The van der Waals surface area contributed by atoms with E-state index in [2.05, 4.69) is 17.3 Å². The maximum absolute atomic E-state index is 12.6. The third kappa shape index (κ3) is 4.05. The molecule has 120 valence electrons. The maximum Gasteiger partial charge on any atom is 0.246 e. The van der Waals surface area contributed by atoms with Crippen molar-refractivity contribution >= 4 is 10.0 Å². The summed E-state index contributed by atoms with van der Waals surface area (Å²) >= 11 is 0. The molecule has 0 bridgehead atoms. The second-order valence-electron chi connectivity index (χ2n) is 5.60. The summed E-state index contributed by atoms with van der Waals surface area (Å²) in [6.45, 7) is 7.85. The Labute approximate surface area is 127 Å². The van der Waals surface area contributed by atoms with E-state index in [0.29, 0.717) is 30.4 Å². The van der Waals surface area contributed by atoms with Gasteiger partial charge in [0.1, 0.15) is 4.90 Å². The third-order valence-corrected chi connectivity index (χ3v) is 5.78. The van der Waals surface area contributed by atoms with Crippen LogP contribution in [0.5, 0.6) is 0 Å². The highest BCUT2D eigenvalue weighted by atomic mass is 32.2. The topological polar surface area (TPSA) is 67.2 Å². The first-order valence-electron chi connectivity index (χ1n) is 7.81. The molecule has 0 radical (unpaired) electrons. The Balaban J connectivity index is 2.00. The van der Waals surface area contributed by atoms with E-state index >= 15 is 0 Å². The highest BCUT2D eigenvalue weighted by molar-refractivity contribution is 7.89. The van der Waals surface area contributed by atoms with Crippen molar-refractivity contribution in [2.45, 2.75) is 44.6 Å². The lowest BCUT2D eigenvalue weighted by atomic mass is 10.0. The van der Waals surface area contributed by atoms with Crippen LogP contribution in [0.3, 0.4) is 0 Å². The summed E-state index contributed by atoms with van der Waals surface area (Å²) in [5.41, 5.74) is 0. The lowest BCUT2D eigenvalue weighted by Gasteiger charge is -2.15. The number of aromatic nitrogens is 2. The average Bonchev–Trinajstić information content (AvgIpc) is 3.09. The van der Waals surface area contributed by atoms with Crippen molar-refractivity contribution in [3.05, 3.63) is 12.4 Å². The van der Waals surface area contributed by atoms with Crippen LogP contribution in [0.15, 0.2) is 17.3 Å². The Morgan fingerprint density at radius 1 is 1.43 bits per heavy atom. The highest BCUT2D eigenvalue weighted by Gasteiger charge is 2.32. The van der Waals surface area contributed by atoms with Crippen molar-refractivity contribution in [2.24, 2.45) is 5.92 Å². The molecule has 2 heterocycles. The molecular formula is C14H26N4O2S. The second kappa shape index (κ2) is 7.38. The van der Waals surface area contributed by atoms with Gasteiger partial charge in [0.05, 0.1) is 12.7 Å². The summed E-state index contributed by atoms with van der Waals surface area (Å²) in [6, 6.07) is 0. The number of rotatable bonds is 8. The molecule has 0 spiro atoms. The normalized spacial score (nSPS) is 20.2. The summed E-state index contributed by atoms with van der Waals surface area (Å²) < 4.78 is 28.5. The van der Waals surface area contributed by atoms with E-state index in [-0.39, 0.29) is 0 Å². The fourth-order valence-electron chi connectivity index (χ4n) is 2.78. The molecule has 1 N–H and O–H groups in total. The van der Waals surface area contributed by atoms with E-state index in [0.717, 1.165) is 32.4 Å². The zero-order valence-corrected chi connectivity index (χ0v) is 13.8. The fraction of sp³-hybridized carbons (Fsp3) is 0.786. The van der Waals surface area contributed by atoms with Gasteiger partial charge in [-0.25, -0.2) is 8.42 Å². The Hall–Kier alpha value is -0.920. The monoisotopic (exact) mass is 314 g/mol. The van der Waals surface area contributed by atoms with Gasteiger partial charge in [-0.3, -0.25) is 4.68 Å². The standard InChI is InChI=1S/C14H26N4O2S/c1-3-5-13-6-8-18(11-13)21(19,20)14-10-16-17(12-14)9-7-15-4-2/h10,12-13,15H,3-9,11H2,1-2H3. The van der Waals surface area contributed by atoms with Gasteiger partial charge in [-0.1, -0.05) is 20.3 Å². The predicted molar refractivity (Wildman–Crippen MR) is 82.5 cm³/mol. The Morgan fingerprint density at radius 3 is 2.95 bits per heavy atom. The summed E-state index contributed by atoms with van der Waals surface area (Å²) in [6.07, 6.45) is 6.30. The molecule has 1 unspecified atom stereocenters. The first kappa shape index (κ1) is 16.5. The zero-order chi connectivity index (χ0) is 15.3. The molecule has 2 rings (SSSR count). The molecule has 6 nitrogen and oxygen atoms in total. The molecule has 1 atom stereocenters. The van der Waals surface area contributed by atoms with Crippen molar-refractivity contribution in [3.8, 4) is 0 Å². The molecule has 1 aromatic rings. The van der Waals surface area contributed by atoms with Gasteiger partial charge in [0.15, 0.2) is 0 Å². The van der Waals surface area contributed by atoms with Crippen molar-refractivity contribution in [3.63, 3.8) is 0 Å². The quantitative estimate of drug-likeness (QED) is 0.735. The SMILES string of the molecule is CCCC1CCN(S(=O)(=O)c2cnn(CCNCC)c2)C1. The van der Waals surface area contributed by atoms with E-state index in [1.54, 1.807) is 15.2 Å². The Bertz CT molecular complexity index is 541. The number of hydrogen-bond acceptors (Lipinski definition) is 4. The van der Waals surface area contributed by atoms with Gasteiger partial charge in [0.2, 0.25) is 10.0 Å². The lowest BCUT2D eigenvalue weighted by molar-refractivity contribution is 0.444. The fourth-order valence-corrected chi connectivity index (χ4v) is 4.27. The largest absolute Gasteiger partial charge is 0.315 e. The van der Waals surface area contributed by atoms with Crippen LogP contribution in [0.25, 0.3) is 0 Å². The van der Waals surface area contributed by atoms with Crippen LogP contribution in [0, 0.1) is 5.92 Å². The van der Waals surface area contributed by atoms with Crippen LogP contribution in [0.4, 0.5) is 0 Å². The van der Waals surface area contributed by atoms with Crippen LogP contribution in [0.1, 0.15) is 33.1 Å².